The third kappa shape index (κ3) is 4.72. The lowest BCUT2D eigenvalue weighted by atomic mass is 10.2. The summed E-state index contributed by atoms with van der Waals surface area (Å²) in [5.41, 5.74) is -0.840. The largest absolute Gasteiger partial charge is 0.573 e. The molecule has 9 heteroatoms. The monoisotopic (exact) mass is 356 g/mol. The Morgan fingerprint density at radius 1 is 1.14 bits per heavy atom. The second-order valence-corrected chi connectivity index (χ2v) is 4.25. The first-order valence-electron chi connectivity index (χ1n) is 5.07. The fourth-order valence-electron chi connectivity index (χ4n) is 1.22. The molecular formula is C12H4BrF3N4O. The number of hydrogen-bond acceptors (Lipinski definition) is 5. The zero-order valence-electron chi connectivity index (χ0n) is 9.99. The number of allylic oxidation sites excluding steroid dienone is 2. The number of nitriles is 3. The molecule has 1 aromatic rings. The van der Waals surface area contributed by atoms with Crippen molar-refractivity contribution in [2.24, 2.45) is 0 Å². The van der Waals surface area contributed by atoms with Crippen molar-refractivity contribution in [1.82, 2.24) is 0 Å². The van der Waals surface area contributed by atoms with Crippen molar-refractivity contribution in [1.29, 1.82) is 15.8 Å². The molecule has 0 saturated heterocycles. The fraction of sp³-hybridized carbons (Fsp3) is 0.0833. The van der Waals surface area contributed by atoms with Gasteiger partial charge in [0.1, 0.15) is 29.7 Å². The topological polar surface area (TPSA) is 92.6 Å². The predicted molar refractivity (Wildman–Crippen MR) is 68.3 cm³/mol. The van der Waals surface area contributed by atoms with E-state index in [1.165, 1.54) is 18.2 Å². The first-order chi connectivity index (χ1) is 9.80. The van der Waals surface area contributed by atoms with Gasteiger partial charge in [-0.15, -0.1) is 13.2 Å². The van der Waals surface area contributed by atoms with Gasteiger partial charge in [0.05, 0.1) is 5.69 Å². The van der Waals surface area contributed by atoms with E-state index in [0.29, 0.717) is 4.47 Å². The number of ether oxygens (including phenoxy) is 1. The van der Waals surface area contributed by atoms with Crippen LogP contribution in [0.5, 0.6) is 5.75 Å². The molecule has 1 rings (SSSR count). The minimum absolute atomic E-state index is 0.0382. The highest BCUT2D eigenvalue weighted by molar-refractivity contribution is 9.10. The van der Waals surface area contributed by atoms with Gasteiger partial charge in [0, 0.05) is 10.5 Å². The van der Waals surface area contributed by atoms with Crippen LogP contribution in [-0.2, 0) is 0 Å². The molecule has 0 radical (unpaired) electrons. The molecule has 5 nitrogen and oxygen atoms in total. The van der Waals surface area contributed by atoms with Gasteiger partial charge in [-0.05, 0) is 28.1 Å². The van der Waals surface area contributed by atoms with Gasteiger partial charge in [0.2, 0.25) is 0 Å². The molecule has 21 heavy (non-hydrogen) atoms. The molecule has 0 unspecified atom stereocenters. The maximum atomic E-state index is 12.1. The van der Waals surface area contributed by atoms with Crippen molar-refractivity contribution in [3.8, 4) is 24.0 Å². The van der Waals surface area contributed by atoms with Crippen molar-refractivity contribution in [3.05, 3.63) is 33.9 Å². The second-order valence-electron chi connectivity index (χ2n) is 3.40. The van der Waals surface area contributed by atoms with Gasteiger partial charge in [-0.25, -0.2) is 0 Å². The van der Waals surface area contributed by atoms with E-state index >= 15 is 0 Å². The van der Waals surface area contributed by atoms with E-state index in [-0.39, 0.29) is 11.4 Å². The van der Waals surface area contributed by atoms with Crippen LogP contribution in [0.1, 0.15) is 0 Å². The second kappa shape index (κ2) is 6.65. The molecule has 0 fully saturated rings. The average Bonchev–Trinajstić information content (AvgIpc) is 2.40. The molecule has 106 valence electrons. The van der Waals surface area contributed by atoms with Crippen LogP contribution >= 0.6 is 15.9 Å². The van der Waals surface area contributed by atoms with Crippen molar-refractivity contribution >= 4 is 21.6 Å². The highest BCUT2D eigenvalue weighted by Gasteiger charge is 2.31. The summed E-state index contributed by atoms with van der Waals surface area (Å²) in [6, 6.07) is 7.89. The quantitative estimate of drug-likeness (QED) is 0.835. The van der Waals surface area contributed by atoms with Gasteiger partial charge in [-0.1, -0.05) is 0 Å². The summed E-state index contributed by atoms with van der Waals surface area (Å²) in [7, 11) is 0. The van der Waals surface area contributed by atoms with Crippen LogP contribution in [0.4, 0.5) is 18.9 Å². The summed E-state index contributed by atoms with van der Waals surface area (Å²) in [6.45, 7) is 0. The zero-order chi connectivity index (χ0) is 16.0. The number of nitrogens with one attached hydrogen (secondary N) is 1. The number of anilines is 1. The Bertz CT molecular complexity index is 691. The highest BCUT2D eigenvalue weighted by Crippen LogP contribution is 2.31. The van der Waals surface area contributed by atoms with E-state index in [2.05, 4.69) is 26.0 Å². The smallest absolute Gasteiger partial charge is 0.406 e. The third-order valence-electron chi connectivity index (χ3n) is 2.02. The molecule has 0 aliphatic rings. The van der Waals surface area contributed by atoms with Gasteiger partial charge in [0.15, 0.2) is 5.57 Å². The number of benzene rings is 1. The van der Waals surface area contributed by atoms with Crippen molar-refractivity contribution in [2.75, 3.05) is 5.32 Å². The number of alkyl halides is 3. The minimum Gasteiger partial charge on any atom is -0.406 e. The molecular weight excluding hydrogens is 353 g/mol. The van der Waals surface area contributed by atoms with E-state index in [1.54, 1.807) is 6.07 Å². The Morgan fingerprint density at radius 2 is 1.76 bits per heavy atom. The molecule has 0 heterocycles. The zero-order valence-corrected chi connectivity index (χ0v) is 11.6. The lowest BCUT2D eigenvalue weighted by molar-refractivity contribution is -0.274. The molecule has 0 aliphatic heterocycles. The third-order valence-corrected chi connectivity index (χ3v) is 2.71. The minimum atomic E-state index is -4.86. The average molecular weight is 357 g/mol. The van der Waals surface area contributed by atoms with Crippen molar-refractivity contribution in [3.63, 3.8) is 0 Å². The van der Waals surface area contributed by atoms with Crippen LogP contribution in [0.25, 0.3) is 0 Å². The van der Waals surface area contributed by atoms with E-state index in [0.717, 1.165) is 12.1 Å². The van der Waals surface area contributed by atoms with Crippen LogP contribution in [0, 0.1) is 34.0 Å². The molecule has 0 saturated carbocycles. The molecule has 0 spiro atoms. The molecule has 1 N–H and O–H groups in total. The summed E-state index contributed by atoms with van der Waals surface area (Å²) in [5.74, 6) is -0.513. The van der Waals surface area contributed by atoms with Crippen molar-refractivity contribution < 1.29 is 17.9 Å². The predicted octanol–water partition coefficient (Wildman–Crippen LogP) is 3.58. The number of halogens is 4. The molecule has 1 aromatic carbocycles. The SMILES string of the molecule is N#CC(C#N)=C(C#N)Nc1cc(OC(F)(F)F)ccc1Br. The lowest BCUT2D eigenvalue weighted by Crippen LogP contribution is -2.17. The Kier molecular flexibility index (Phi) is 5.18. The summed E-state index contributed by atoms with van der Waals surface area (Å²) >= 11 is 3.06. The maximum absolute atomic E-state index is 12.1. The number of rotatable bonds is 3. The van der Waals surface area contributed by atoms with Gasteiger partial charge in [0.25, 0.3) is 0 Å². The summed E-state index contributed by atoms with van der Waals surface area (Å²) < 4.78 is 40.5. The standard InChI is InChI=1S/C12H4BrF3N4O/c13-9-2-1-8(21-12(14,15)16)3-10(9)20-11(6-19)7(4-17)5-18/h1-3,20H. The molecule has 0 amide bonds. The molecule has 0 aromatic heterocycles. The Morgan fingerprint density at radius 3 is 2.24 bits per heavy atom. The fourth-order valence-corrected chi connectivity index (χ4v) is 1.56. The number of nitrogens with zero attached hydrogens (tertiary/aromatic N) is 3. The summed E-state index contributed by atoms with van der Waals surface area (Å²) in [5, 5.41) is 28.6. The van der Waals surface area contributed by atoms with Crippen LogP contribution in [-0.4, -0.2) is 6.36 Å². The van der Waals surface area contributed by atoms with Gasteiger partial charge >= 0.3 is 6.36 Å². The van der Waals surface area contributed by atoms with Crippen LogP contribution in [0.2, 0.25) is 0 Å². The Labute approximate surface area is 125 Å². The normalized spacial score (nSPS) is 9.76. The van der Waals surface area contributed by atoms with Gasteiger partial charge < -0.3 is 10.1 Å². The van der Waals surface area contributed by atoms with E-state index in [1.807, 2.05) is 0 Å². The van der Waals surface area contributed by atoms with E-state index < -0.39 is 17.7 Å². The van der Waals surface area contributed by atoms with Crippen LogP contribution < -0.4 is 10.1 Å². The maximum Gasteiger partial charge on any atom is 0.573 e. The van der Waals surface area contributed by atoms with E-state index in [4.69, 9.17) is 15.8 Å². The van der Waals surface area contributed by atoms with Crippen molar-refractivity contribution in [2.45, 2.75) is 6.36 Å². The molecule has 0 aliphatic carbocycles. The number of hydrogen-bond donors (Lipinski definition) is 1. The highest BCUT2D eigenvalue weighted by atomic mass is 79.9. The Hall–Kier alpha value is -2.70. The summed E-state index contributed by atoms with van der Waals surface area (Å²) in [6.07, 6.45) is -4.86. The molecule has 0 bridgehead atoms. The van der Waals surface area contributed by atoms with E-state index in [9.17, 15) is 13.2 Å². The first kappa shape index (κ1) is 16.4. The summed E-state index contributed by atoms with van der Waals surface area (Å²) in [4.78, 5) is 0. The van der Waals surface area contributed by atoms with Crippen LogP contribution in [0.3, 0.4) is 0 Å². The Balaban J connectivity index is 3.18. The first-order valence-corrected chi connectivity index (χ1v) is 5.87. The van der Waals surface area contributed by atoms with Gasteiger partial charge in [-0.2, -0.15) is 15.8 Å². The van der Waals surface area contributed by atoms with Gasteiger partial charge in [-0.3, -0.25) is 0 Å². The van der Waals surface area contributed by atoms with Crippen LogP contribution in [0.15, 0.2) is 33.9 Å². The molecule has 0 atom stereocenters. The lowest BCUT2D eigenvalue weighted by Gasteiger charge is -2.12.